The molecule has 4 rings (SSSR count). The van der Waals surface area contributed by atoms with Crippen molar-refractivity contribution in [3.63, 3.8) is 0 Å². The van der Waals surface area contributed by atoms with E-state index in [2.05, 4.69) is 0 Å². The second-order valence-electron chi connectivity index (χ2n) is 8.32. The molecule has 2 aliphatic rings. The van der Waals surface area contributed by atoms with Crippen LogP contribution in [0.3, 0.4) is 0 Å². The van der Waals surface area contributed by atoms with E-state index in [1.165, 1.54) is 11.0 Å². The van der Waals surface area contributed by atoms with Crippen LogP contribution in [0, 0.1) is 5.82 Å². The van der Waals surface area contributed by atoms with Gasteiger partial charge in [0, 0.05) is 26.2 Å². The first-order chi connectivity index (χ1) is 16.0. The van der Waals surface area contributed by atoms with Crippen molar-refractivity contribution in [3.8, 4) is 0 Å². The Morgan fingerprint density at radius 3 is 2.55 bits per heavy atom. The van der Waals surface area contributed by atoms with Gasteiger partial charge in [-0.25, -0.2) is 9.18 Å². The van der Waals surface area contributed by atoms with Crippen molar-refractivity contribution in [3.05, 3.63) is 59.9 Å². The van der Waals surface area contributed by atoms with E-state index >= 15 is 0 Å². The van der Waals surface area contributed by atoms with E-state index < -0.39 is 6.09 Å². The summed E-state index contributed by atoms with van der Waals surface area (Å²) in [5.41, 5.74) is 2.07. The molecule has 33 heavy (non-hydrogen) atoms. The monoisotopic (exact) mass is 455 g/mol. The van der Waals surface area contributed by atoms with E-state index in [1.807, 2.05) is 42.2 Å². The SMILES string of the molecule is CC[C@H]1CN(c2ccc(N3CCN(C(=O)CCOCc4ccccc4)CC3)c(F)c2)C(=O)O1. The number of hydrogen-bond acceptors (Lipinski definition) is 5. The van der Waals surface area contributed by atoms with E-state index in [0.717, 1.165) is 12.0 Å². The fourth-order valence-electron chi connectivity index (χ4n) is 4.14. The van der Waals surface area contributed by atoms with E-state index in [1.54, 1.807) is 17.0 Å². The first kappa shape index (κ1) is 23.0. The highest BCUT2D eigenvalue weighted by Gasteiger charge is 2.32. The molecule has 0 aliphatic carbocycles. The van der Waals surface area contributed by atoms with Crippen molar-refractivity contribution >= 4 is 23.4 Å². The van der Waals surface area contributed by atoms with Crippen molar-refractivity contribution in [1.82, 2.24) is 4.90 Å². The molecule has 8 heteroatoms. The Morgan fingerprint density at radius 1 is 1.12 bits per heavy atom. The minimum absolute atomic E-state index is 0.0524. The summed E-state index contributed by atoms with van der Waals surface area (Å²) in [7, 11) is 0. The average Bonchev–Trinajstić information content (AvgIpc) is 3.23. The first-order valence-electron chi connectivity index (χ1n) is 11.5. The molecule has 0 spiro atoms. The predicted octanol–water partition coefficient (Wildman–Crippen LogP) is 3.82. The van der Waals surface area contributed by atoms with Gasteiger partial charge in [0.15, 0.2) is 0 Å². The lowest BCUT2D eigenvalue weighted by atomic mass is 10.2. The van der Waals surface area contributed by atoms with Gasteiger partial charge in [-0.3, -0.25) is 9.69 Å². The Labute approximate surface area is 193 Å². The zero-order valence-electron chi connectivity index (χ0n) is 18.9. The highest BCUT2D eigenvalue weighted by molar-refractivity contribution is 5.90. The normalized spacial score (nSPS) is 18.5. The molecular weight excluding hydrogens is 425 g/mol. The van der Waals surface area contributed by atoms with Gasteiger partial charge in [0.05, 0.1) is 37.6 Å². The Hall–Kier alpha value is -3.13. The molecule has 0 saturated carbocycles. The lowest BCUT2D eigenvalue weighted by Gasteiger charge is -2.36. The van der Waals surface area contributed by atoms with Crippen molar-refractivity contribution in [2.75, 3.05) is 49.1 Å². The van der Waals surface area contributed by atoms with Gasteiger partial charge in [-0.05, 0) is 30.2 Å². The largest absolute Gasteiger partial charge is 0.444 e. The molecule has 7 nitrogen and oxygen atoms in total. The van der Waals surface area contributed by atoms with Crippen molar-refractivity contribution in [2.24, 2.45) is 0 Å². The molecule has 2 fully saturated rings. The van der Waals surface area contributed by atoms with Crippen LogP contribution >= 0.6 is 0 Å². The molecule has 2 aliphatic heterocycles. The van der Waals surface area contributed by atoms with E-state index in [4.69, 9.17) is 9.47 Å². The minimum Gasteiger partial charge on any atom is -0.444 e. The molecular formula is C25H30FN3O4. The third-order valence-corrected chi connectivity index (χ3v) is 6.12. The highest BCUT2D eigenvalue weighted by Crippen LogP contribution is 2.29. The quantitative estimate of drug-likeness (QED) is 0.567. The fraction of sp³-hybridized carbons (Fsp3) is 0.440. The highest BCUT2D eigenvalue weighted by atomic mass is 19.1. The number of ether oxygens (including phenoxy) is 2. The summed E-state index contributed by atoms with van der Waals surface area (Å²) < 4.78 is 25.8. The molecule has 0 radical (unpaired) electrons. The summed E-state index contributed by atoms with van der Waals surface area (Å²) in [5.74, 6) is -0.328. The molecule has 2 heterocycles. The second-order valence-corrected chi connectivity index (χ2v) is 8.32. The molecule has 2 amide bonds. The Morgan fingerprint density at radius 2 is 1.88 bits per heavy atom. The lowest BCUT2D eigenvalue weighted by Crippen LogP contribution is -2.49. The van der Waals surface area contributed by atoms with Crippen LogP contribution in [0.25, 0.3) is 0 Å². The first-order valence-corrected chi connectivity index (χ1v) is 11.5. The van der Waals surface area contributed by atoms with Crippen LogP contribution in [0.4, 0.5) is 20.6 Å². The van der Waals surface area contributed by atoms with Crippen LogP contribution in [-0.2, 0) is 20.9 Å². The average molecular weight is 456 g/mol. The number of benzene rings is 2. The zero-order chi connectivity index (χ0) is 23.2. The second kappa shape index (κ2) is 10.7. The molecule has 0 N–H and O–H groups in total. The number of carbonyl (C=O) groups excluding carboxylic acids is 2. The maximum Gasteiger partial charge on any atom is 0.414 e. The summed E-state index contributed by atoms with van der Waals surface area (Å²) in [5, 5.41) is 0. The Bertz CT molecular complexity index is 963. The molecule has 2 aromatic carbocycles. The topological polar surface area (TPSA) is 62.3 Å². The van der Waals surface area contributed by atoms with Gasteiger partial charge in [-0.2, -0.15) is 0 Å². The molecule has 0 unspecified atom stereocenters. The number of rotatable bonds is 8. The lowest BCUT2D eigenvalue weighted by molar-refractivity contribution is -0.132. The molecule has 0 aromatic heterocycles. The van der Waals surface area contributed by atoms with Gasteiger partial charge in [0.25, 0.3) is 0 Å². The van der Waals surface area contributed by atoms with Gasteiger partial charge in [0.2, 0.25) is 5.91 Å². The minimum atomic E-state index is -0.436. The van der Waals surface area contributed by atoms with Crippen LogP contribution in [0.5, 0.6) is 0 Å². The van der Waals surface area contributed by atoms with E-state index in [0.29, 0.717) is 63.7 Å². The maximum atomic E-state index is 14.9. The number of anilines is 2. The van der Waals surface area contributed by atoms with Gasteiger partial charge >= 0.3 is 6.09 Å². The third kappa shape index (κ3) is 5.63. The standard InChI is InChI=1S/C25H30FN3O4/c1-2-21-17-29(25(31)33-21)20-8-9-23(22(26)16-20)27-11-13-28(14-12-27)24(30)10-15-32-18-19-6-4-3-5-7-19/h3-9,16,21H,2,10-15,17-18H2,1H3/t21-/m0/s1. The number of cyclic esters (lactones) is 1. The molecule has 0 bridgehead atoms. The number of nitrogens with zero attached hydrogens (tertiary/aromatic N) is 3. The maximum absolute atomic E-state index is 14.9. The Balaban J connectivity index is 1.24. The molecule has 1 atom stereocenters. The number of hydrogen-bond donors (Lipinski definition) is 0. The van der Waals surface area contributed by atoms with Crippen molar-refractivity contribution in [1.29, 1.82) is 0 Å². The summed E-state index contributed by atoms with van der Waals surface area (Å²) in [4.78, 5) is 29.7. The Kier molecular flexibility index (Phi) is 7.44. The number of halogens is 1. The van der Waals surface area contributed by atoms with E-state index in [-0.39, 0.29) is 17.8 Å². The molecule has 2 aromatic rings. The van der Waals surface area contributed by atoms with E-state index in [9.17, 15) is 14.0 Å². The molecule has 176 valence electrons. The van der Waals surface area contributed by atoms with Crippen LogP contribution in [0.15, 0.2) is 48.5 Å². The van der Waals surface area contributed by atoms with Crippen molar-refractivity contribution < 1.29 is 23.5 Å². The van der Waals surface area contributed by atoms with Crippen LogP contribution in [0.1, 0.15) is 25.3 Å². The summed E-state index contributed by atoms with van der Waals surface area (Å²) in [6.07, 6.45) is 0.467. The molecule has 2 saturated heterocycles. The van der Waals surface area contributed by atoms with Gasteiger partial charge < -0.3 is 19.3 Å². The zero-order valence-corrected chi connectivity index (χ0v) is 18.9. The summed E-state index contributed by atoms with van der Waals surface area (Å²) in [6.45, 7) is 5.43. The third-order valence-electron chi connectivity index (χ3n) is 6.12. The van der Waals surface area contributed by atoms with Gasteiger partial charge in [-0.1, -0.05) is 37.3 Å². The van der Waals surface area contributed by atoms with Crippen LogP contribution in [-0.4, -0.2) is 62.3 Å². The number of carbonyl (C=O) groups is 2. The van der Waals surface area contributed by atoms with Gasteiger partial charge in [0.1, 0.15) is 11.9 Å². The summed E-state index contributed by atoms with van der Waals surface area (Å²) in [6, 6.07) is 14.7. The summed E-state index contributed by atoms with van der Waals surface area (Å²) >= 11 is 0. The van der Waals surface area contributed by atoms with Gasteiger partial charge in [-0.15, -0.1) is 0 Å². The number of piperazine rings is 1. The van der Waals surface area contributed by atoms with Crippen LogP contribution in [0.2, 0.25) is 0 Å². The smallest absolute Gasteiger partial charge is 0.414 e. The number of amides is 2. The predicted molar refractivity (Wildman–Crippen MR) is 124 cm³/mol. The van der Waals surface area contributed by atoms with Crippen LogP contribution < -0.4 is 9.80 Å². The fourth-order valence-corrected chi connectivity index (χ4v) is 4.14. The van der Waals surface area contributed by atoms with Crippen molar-refractivity contribution in [2.45, 2.75) is 32.5 Å².